The van der Waals surface area contributed by atoms with Crippen molar-refractivity contribution in [2.24, 2.45) is 0 Å². The fraction of sp³-hybridized carbons (Fsp3) is 0.435. The van der Waals surface area contributed by atoms with E-state index in [1.165, 1.54) is 17.2 Å². The molecule has 0 aromatic heterocycles. The first-order valence-corrected chi connectivity index (χ1v) is 10.3. The van der Waals surface area contributed by atoms with Gasteiger partial charge in [-0.05, 0) is 56.9 Å². The number of nitrogens with one attached hydrogen (secondary N) is 2. The summed E-state index contributed by atoms with van der Waals surface area (Å²) in [7, 11) is 0. The second kappa shape index (κ2) is 9.26. The van der Waals surface area contributed by atoms with Gasteiger partial charge in [-0.1, -0.05) is 24.3 Å². The molecule has 1 heterocycles. The van der Waals surface area contributed by atoms with Crippen LogP contribution in [0.2, 0.25) is 0 Å². The van der Waals surface area contributed by atoms with E-state index in [1.807, 2.05) is 26.0 Å². The van der Waals surface area contributed by atoms with Gasteiger partial charge in [-0.3, -0.25) is 14.9 Å². The number of carbonyl (C=O) groups is 1. The fourth-order valence-corrected chi connectivity index (χ4v) is 4.05. The van der Waals surface area contributed by atoms with Gasteiger partial charge in [0, 0.05) is 42.8 Å². The van der Waals surface area contributed by atoms with E-state index in [4.69, 9.17) is 4.74 Å². The van der Waals surface area contributed by atoms with Crippen LogP contribution in [0, 0.1) is 17.0 Å². The third kappa shape index (κ3) is 4.79. The van der Waals surface area contributed by atoms with Crippen molar-refractivity contribution in [3.63, 3.8) is 0 Å². The van der Waals surface area contributed by atoms with Gasteiger partial charge in [-0.15, -0.1) is 0 Å². The van der Waals surface area contributed by atoms with E-state index in [2.05, 4.69) is 29.7 Å². The lowest BCUT2D eigenvalue weighted by Crippen LogP contribution is -2.40. The first-order chi connectivity index (χ1) is 14.3. The highest BCUT2D eigenvalue weighted by Gasteiger charge is 2.36. The summed E-state index contributed by atoms with van der Waals surface area (Å²) >= 11 is 0. The van der Waals surface area contributed by atoms with Gasteiger partial charge in [0.1, 0.15) is 5.69 Å². The molecule has 30 heavy (non-hydrogen) atoms. The summed E-state index contributed by atoms with van der Waals surface area (Å²) < 4.78 is 5.59. The van der Waals surface area contributed by atoms with Gasteiger partial charge >= 0.3 is 0 Å². The van der Waals surface area contributed by atoms with Crippen molar-refractivity contribution >= 4 is 17.3 Å². The molecule has 0 atom stereocenters. The Morgan fingerprint density at radius 1 is 1.20 bits per heavy atom. The molecule has 1 amide bonds. The number of carbonyl (C=O) groups excluding carboxylic acids is 1. The van der Waals surface area contributed by atoms with Crippen LogP contribution in [0.25, 0.3) is 0 Å². The molecule has 1 fully saturated rings. The molecule has 2 aromatic rings. The smallest absolute Gasteiger partial charge is 0.293 e. The van der Waals surface area contributed by atoms with Crippen LogP contribution in [-0.2, 0) is 10.2 Å². The summed E-state index contributed by atoms with van der Waals surface area (Å²) in [4.78, 5) is 23.5. The van der Waals surface area contributed by atoms with Crippen LogP contribution in [-0.4, -0.2) is 36.6 Å². The number of amides is 1. The largest absolute Gasteiger partial charge is 0.381 e. The molecule has 0 bridgehead atoms. The Morgan fingerprint density at radius 2 is 1.90 bits per heavy atom. The van der Waals surface area contributed by atoms with E-state index in [0.29, 0.717) is 25.4 Å². The topological polar surface area (TPSA) is 93.5 Å². The molecule has 0 spiro atoms. The van der Waals surface area contributed by atoms with Crippen LogP contribution in [0.4, 0.5) is 11.4 Å². The quantitative estimate of drug-likeness (QED) is 0.526. The van der Waals surface area contributed by atoms with Gasteiger partial charge in [0.15, 0.2) is 0 Å². The molecule has 2 N–H and O–H groups in total. The molecule has 2 aromatic carbocycles. The molecule has 0 radical (unpaired) electrons. The number of hydrogen-bond donors (Lipinski definition) is 2. The number of hydrogen-bond acceptors (Lipinski definition) is 5. The molecular formula is C23H29N3O4. The minimum Gasteiger partial charge on any atom is -0.381 e. The summed E-state index contributed by atoms with van der Waals surface area (Å²) in [5.41, 5.74) is 2.89. The highest BCUT2D eigenvalue weighted by Crippen LogP contribution is 2.38. The molecule has 1 aliphatic heterocycles. The van der Waals surface area contributed by atoms with Crippen molar-refractivity contribution in [1.29, 1.82) is 0 Å². The summed E-state index contributed by atoms with van der Waals surface area (Å²) in [5.74, 6) is -0.319. The first kappa shape index (κ1) is 21.8. The molecule has 0 aliphatic carbocycles. The predicted molar refractivity (Wildman–Crippen MR) is 117 cm³/mol. The molecule has 160 valence electrons. The second-order valence-electron chi connectivity index (χ2n) is 8.18. The zero-order valence-electron chi connectivity index (χ0n) is 17.7. The van der Waals surface area contributed by atoms with Gasteiger partial charge in [0.2, 0.25) is 0 Å². The maximum absolute atomic E-state index is 12.3. The lowest BCUT2D eigenvalue weighted by molar-refractivity contribution is -0.384. The maximum Gasteiger partial charge on any atom is 0.293 e. The van der Waals surface area contributed by atoms with Crippen LogP contribution >= 0.6 is 0 Å². The summed E-state index contributed by atoms with van der Waals surface area (Å²) in [6.45, 7) is 7.66. The van der Waals surface area contributed by atoms with Gasteiger partial charge in [0.25, 0.3) is 11.6 Å². The third-order valence-corrected chi connectivity index (χ3v) is 5.66. The molecule has 7 heteroatoms. The normalized spacial score (nSPS) is 15.6. The van der Waals surface area contributed by atoms with Crippen LogP contribution in [0.15, 0.2) is 42.5 Å². The number of nitro benzene ring substituents is 1. The third-order valence-electron chi connectivity index (χ3n) is 5.66. The van der Waals surface area contributed by atoms with Crippen molar-refractivity contribution < 1.29 is 14.5 Å². The summed E-state index contributed by atoms with van der Waals surface area (Å²) in [5, 5.41) is 17.8. The van der Waals surface area contributed by atoms with E-state index in [1.54, 1.807) is 12.1 Å². The van der Waals surface area contributed by atoms with E-state index in [0.717, 1.165) is 12.8 Å². The van der Waals surface area contributed by atoms with Crippen LogP contribution in [0.3, 0.4) is 0 Å². The average Bonchev–Trinajstić information content (AvgIpc) is 2.72. The Kier molecular flexibility index (Phi) is 6.72. The SMILES string of the molecule is Cc1ccccc1C1(CNc2ccc(C(=O)NC(C)C)cc2[N+](=O)[O-])CCOCC1. The lowest BCUT2D eigenvalue weighted by atomic mass is 9.72. The highest BCUT2D eigenvalue weighted by molar-refractivity contribution is 5.95. The van der Waals surface area contributed by atoms with Crippen molar-refractivity contribution in [1.82, 2.24) is 5.32 Å². The van der Waals surface area contributed by atoms with Crippen LogP contribution in [0.1, 0.15) is 48.2 Å². The Hall–Kier alpha value is -2.93. The van der Waals surface area contributed by atoms with Crippen molar-refractivity contribution in [3.05, 3.63) is 69.3 Å². The minimum atomic E-state index is -0.446. The van der Waals surface area contributed by atoms with E-state index in [9.17, 15) is 14.9 Å². The Morgan fingerprint density at radius 3 is 2.53 bits per heavy atom. The van der Waals surface area contributed by atoms with E-state index < -0.39 is 4.92 Å². The molecule has 7 nitrogen and oxygen atoms in total. The number of nitro groups is 1. The number of ether oxygens (including phenoxy) is 1. The standard InChI is InChI=1S/C23H29N3O4/c1-16(2)25-22(27)18-8-9-20(21(14-18)26(28)29)24-15-23(10-12-30-13-11-23)19-7-5-4-6-17(19)3/h4-9,14,16,24H,10-13,15H2,1-3H3,(H,25,27). The molecule has 1 saturated heterocycles. The van der Waals surface area contributed by atoms with Crippen molar-refractivity contribution in [3.8, 4) is 0 Å². The monoisotopic (exact) mass is 411 g/mol. The molecule has 0 saturated carbocycles. The zero-order valence-corrected chi connectivity index (χ0v) is 17.7. The summed E-state index contributed by atoms with van der Waals surface area (Å²) in [6.07, 6.45) is 1.68. The van der Waals surface area contributed by atoms with Crippen molar-refractivity contribution in [2.45, 2.75) is 45.1 Å². The Labute approximate surface area is 177 Å². The zero-order chi connectivity index (χ0) is 21.7. The predicted octanol–water partition coefficient (Wildman–Crippen LogP) is 4.20. The van der Waals surface area contributed by atoms with Gasteiger partial charge in [-0.2, -0.15) is 0 Å². The average molecular weight is 412 g/mol. The number of benzene rings is 2. The number of nitrogens with zero attached hydrogens (tertiary/aromatic N) is 1. The molecular weight excluding hydrogens is 382 g/mol. The Bertz CT molecular complexity index is 920. The van der Waals surface area contributed by atoms with Gasteiger partial charge in [0.05, 0.1) is 4.92 Å². The number of rotatable bonds is 7. The van der Waals surface area contributed by atoms with Crippen LogP contribution < -0.4 is 10.6 Å². The van der Waals surface area contributed by atoms with Gasteiger partial charge in [-0.25, -0.2) is 0 Å². The lowest BCUT2D eigenvalue weighted by Gasteiger charge is -2.39. The molecule has 0 unspecified atom stereocenters. The van der Waals surface area contributed by atoms with Crippen LogP contribution in [0.5, 0.6) is 0 Å². The van der Waals surface area contributed by atoms with E-state index in [-0.39, 0.29) is 28.6 Å². The highest BCUT2D eigenvalue weighted by atomic mass is 16.6. The van der Waals surface area contributed by atoms with E-state index >= 15 is 0 Å². The fourth-order valence-electron chi connectivity index (χ4n) is 4.05. The summed E-state index contributed by atoms with van der Waals surface area (Å²) in [6, 6.07) is 12.8. The van der Waals surface area contributed by atoms with Gasteiger partial charge < -0.3 is 15.4 Å². The molecule has 1 aliphatic rings. The first-order valence-electron chi connectivity index (χ1n) is 10.3. The Balaban J connectivity index is 1.88. The maximum atomic E-state index is 12.3. The second-order valence-corrected chi connectivity index (χ2v) is 8.18. The number of aryl methyl sites for hydroxylation is 1. The number of anilines is 1. The minimum absolute atomic E-state index is 0.0446. The molecule has 3 rings (SSSR count). The van der Waals surface area contributed by atoms with Crippen molar-refractivity contribution in [2.75, 3.05) is 25.1 Å².